The Kier molecular flexibility index (Phi) is 7.48. The van der Waals surface area contributed by atoms with Gasteiger partial charge in [-0.3, -0.25) is 0 Å². The lowest BCUT2D eigenvalue weighted by Gasteiger charge is -2.43. The molecule has 0 fully saturated rings. The molecule has 0 unspecified atom stereocenters. The van der Waals surface area contributed by atoms with Crippen molar-refractivity contribution in [2.75, 3.05) is 4.81 Å². The Labute approximate surface area is 412 Å². The smallest absolute Gasteiger partial charge is 0.333 e. The summed E-state index contributed by atoms with van der Waals surface area (Å²) < 4.78 is 9.31. The molecule has 0 bridgehead atoms. The molecule has 0 saturated heterocycles. The Morgan fingerprint density at radius 1 is 0.486 bits per heavy atom. The van der Waals surface area contributed by atoms with Crippen LogP contribution in [0.4, 0.5) is 11.4 Å². The molecular weight excluding hydrogens is 848 g/mol. The second-order valence-corrected chi connectivity index (χ2v) is 25.1. The molecule has 10 aromatic rings. The average Bonchev–Trinajstić information content (AvgIpc) is 4.01. The molecule has 0 atom stereocenters. The van der Waals surface area contributed by atoms with Crippen molar-refractivity contribution in [1.29, 1.82) is 0 Å². The van der Waals surface area contributed by atoms with Gasteiger partial charge in [0, 0.05) is 55.0 Å². The minimum absolute atomic E-state index is 0.0242. The predicted molar refractivity (Wildman–Crippen MR) is 296 cm³/mol. The van der Waals surface area contributed by atoms with Crippen molar-refractivity contribution in [3.8, 4) is 39.1 Å². The summed E-state index contributed by atoms with van der Waals surface area (Å²) in [5.74, 6) is 0. The monoisotopic (exact) mass is 906 g/mol. The number of hydrogen-bond acceptors (Lipinski definition) is 2. The molecule has 5 aliphatic rings. The third-order valence-electron chi connectivity index (χ3n) is 18.6. The molecule has 0 N–H and O–H groups in total. The van der Waals surface area contributed by atoms with E-state index in [1.54, 1.807) is 0 Å². The topological polar surface area (TPSA) is 21.3 Å². The van der Waals surface area contributed by atoms with E-state index >= 15 is 0 Å². The van der Waals surface area contributed by atoms with Crippen molar-refractivity contribution in [1.82, 2.24) is 4.57 Å². The van der Waals surface area contributed by atoms with Crippen LogP contribution in [0.15, 0.2) is 138 Å². The van der Waals surface area contributed by atoms with Gasteiger partial charge in [-0.2, -0.15) is 0 Å². The Morgan fingerprint density at radius 3 is 1.90 bits per heavy atom. The first-order valence-electron chi connectivity index (χ1n) is 25.8. The van der Waals surface area contributed by atoms with E-state index < -0.39 is 0 Å². The third kappa shape index (κ3) is 4.93. The standard InChI is InChI=1S/C66H59BN2O/c1-62(2,3)36-20-22-37(23-21-36)69-54-33-44-42-30-50-51(64(6,7)29-28-63(50,4)5)34-48(42)66(10,11)47(44)31-45(54)39-24-25-41-58-53(26-27-57-59(58)40-17-13-15-19-56(40)70-57)68-55-35-49-43(32-52(55)67(69)60(39)61(41)68)38-16-12-14-18-46(38)65(49,8)9/h12-27,30-35H,28-29H2,1-11H3. The van der Waals surface area contributed by atoms with E-state index in [-0.39, 0.29) is 33.9 Å². The highest BCUT2D eigenvalue weighted by molar-refractivity contribution is 6.93. The maximum atomic E-state index is 6.65. The summed E-state index contributed by atoms with van der Waals surface area (Å²) in [7, 11) is 0. The van der Waals surface area contributed by atoms with E-state index in [1.807, 2.05) is 0 Å². The zero-order valence-corrected chi connectivity index (χ0v) is 42.5. The van der Waals surface area contributed by atoms with E-state index in [0.717, 1.165) is 16.6 Å². The molecule has 3 aliphatic carbocycles. The molecule has 8 aromatic carbocycles. The first kappa shape index (κ1) is 41.0. The van der Waals surface area contributed by atoms with Crippen LogP contribution in [0.25, 0.3) is 82.8 Å². The maximum Gasteiger partial charge on any atom is 0.333 e. The highest BCUT2D eigenvalue weighted by Gasteiger charge is 2.49. The van der Waals surface area contributed by atoms with Crippen molar-refractivity contribution in [2.45, 2.75) is 116 Å². The van der Waals surface area contributed by atoms with Gasteiger partial charge in [-0.15, -0.1) is 0 Å². The van der Waals surface area contributed by atoms with Gasteiger partial charge in [-0.25, -0.2) is 0 Å². The second-order valence-electron chi connectivity index (χ2n) is 25.1. The molecule has 15 rings (SSSR count). The third-order valence-corrected chi connectivity index (χ3v) is 18.6. The summed E-state index contributed by atoms with van der Waals surface area (Å²) in [4.78, 5) is 2.75. The maximum absolute atomic E-state index is 6.65. The van der Waals surface area contributed by atoms with Gasteiger partial charge < -0.3 is 13.8 Å². The van der Waals surface area contributed by atoms with Gasteiger partial charge in [0.15, 0.2) is 0 Å². The summed E-state index contributed by atoms with van der Waals surface area (Å²) >= 11 is 0. The fourth-order valence-electron chi connectivity index (χ4n) is 14.6. The molecule has 4 heterocycles. The second kappa shape index (κ2) is 12.8. The van der Waals surface area contributed by atoms with Crippen LogP contribution in [0.3, 0.4) is 0 Å². The highest BCUT2D eigenvalue weighted by Crippen LogP contribution is 2.58. The number of para-hydroxylation sites is 1. The Bertz CT molecular complexity index is 4050. The summed E-state index contributed by atoms with van der Waals surface area (Å²) in [5, 5.41) is 4.91. The van der Waals surface area contributed by atoms with Crippen LogP contribution in [0.2, 0.25) is 0 Å². The van der Waals surface area contributed by atoms with E-state index in [2.05, 4.69) is 219 Å². The lowest BCUT2D eigenvalue weighted by Crippen LogP contribution is -2.60. The highest BCUT2D eigenvalue weighted by atomic mass is 16.3. The van der Waals surface area contributed by atoms with Gasteiger partial charge in [0.25, 0.3) is 0 Å². The molecular formula is C66H59BN2O. The molecule has 0 radical (unpaired) electrons. The largest absolute Gasteiger partial charge is 0.456 e. The number of furan rings is 1. The van der Waals surface area contributed by atoms with Gasteiger partial charge in [0.1, 0.15) is 11.2 Å². The van der Waals surface area contributed by atoms with Gasteiger partial charge >= 0.3 is 6.85 Å². The number of aromatic nitrogens is 1. The predicted octanol–water partition coefficient (Wildman–Crippen LogP) is 16.2. The summed E-state index contributed by atoms with van der Waals surface area (Å²) in [6.45, 7) is 26.5. The number of anilines is 2. The quantitative estimate of drug-likeness (QED) is 0.153. The van der Waals surface area contributed by atoms with E-state index in [1.165, 1.54) is 140 Å². The van der Waals surface area contributed by atoms with E-state index in [0.29, 0.717) is 0 Å². The fraction of sp³-hybridized carbons (Fsp3) is 0.273. The summed E-state index contributed by atoms with van der Waals surface area (Å²) in [6, 6.07) is 52.5. The molecule has 0 spiro atoms. The first-order valence-corrected chi connectivity index (χ1v) is 25.8. The average molecular weight is 907 g/mol. The molecule has 2 aromatic heterocycles. The molecule has 70 heavy (non-hydrogen) atoms. The normalized spacial score (nSPS) is 17.9. The van der Waals surface area contributed by atoms with E-state index in [4.69, 9.17) is 4.42 Å². The number of nitrogens with zero attached hydrogens (tertiary/aromatic N) is 2. The zero-order chi connectivity index (χ0) is 47.9. The summed E-state index contributed by atoms with van der Waals surface area (Å²) in [6.07, 6.45) is 2.40. The van der Waals surface area contributed by atoms with Crippen molar-refractivity contribution in [3.05, 3.63) is 172 Å². The van der Waals surface area contributed by atoms with Crippen molar-refractivity contribution in [3.63, 3.8) is 0 Å². The van der Waals surface area contributed by atoms with E-state index in [9.17, 15) is 0 Å². The lowest BCUT2D eigenvalue weighted by atomic mass is 9.43. The molecule has 4 heteroatoms. The lowest BCUT2D eigenvalue weighted by molar-refractivity contribution is 0.331. The fourth-order valence-corrected chi connectivity index (χ4v) is 14.6. The van der Waals surface area contributed by atoms with Crippen molar-refractivity contribution >= 4 is 72.9 Å². The minimum Gasteiger partial charge on any atom is -0.456 e. The van der Waals surface area contributed by atoms with Crippen molar-refractivity contribution in [2.24, 2.45) is 0 Å². The first-order chi connectivity index (χ1) is 33.3. The number of rotatable bonds is 1. The van der Waals surface area contributed by atoms with Crippen LogP contribution < -0.4 is 15.7 Å². The van der Waals surface area contributed by atoms with Gasteiger partial charge in [0.2, 0.25) is 0 Å². The van der Waals surface area contributed by atoms with Gasteiger partial charge in [0.05, 0.1) is 11.0 Å². The Morgan fingerprint density at radius 2 is 1.13 bits per heavy atom. The molecule has 3 nitrogen and oxygen atoms in total. The van der Waals surface area contributed by atoms with Crippen LogP contribution in [0, 0.1) is 0 Å². The number of benzene rings is 8. The van der Waals surface area contributed by atoms with Crippen LogP contribution in [-0.2, 0) is 27.1 Å². The Hall–Kier alpha value is -6.78. The zero-order valence-electron chi connectivity index (χ0n) is 42.5. The molecule has 2 aliphatic heterocycles. The summed E-state index contributed by atoms with van der Waals surface area (Å²) in [5.41, 5.74) is 29.0. The van der Waals surface area contributed by atoms with Crippen LogP contribution in [-0.4, -0.2) is 11.4 Å². The van der Waals surface area contributed by atoms with Crippen molar-refractivity contribution < 1.29 is 4.42 Å². The molecule has 0 amide bonds. The number of hydrogen-bond donors (Lipinski definition) is 0. The SMILES string of the molecule is CC(C)(C)c1ccc(N2B3c4cc5c(cc4-n4c6ccc7oc8ccccc8c7c6c6ccc(c3c64)-c3cc4c(cc32)-c2cc3c(cc2C4(C)C)C(C)(C)CCC3(C)C)C(C)(C)c2ccccc2-5)cc1. The van der Waals surface area contributed by atoms with Crippen LogP contribution >= 0.6 is 0 Å². The Balaban J connectivity index is 1.10. The van der Waals surface area contributed by atoms with Gasteiger partial charge in [-0.1, -0.05) is 155 Å². The van der Waals surface area contributed by atoms with Gasteiger partial charge in [-0.05, 0) is 161 Å². The van der Waals surface area contributed by atoms with Crippen LogP contribution in [0.5, 0.6) is 0 Å². The van der Waals surface area contributed by atoms with Crippen LogP contribution in [0.1, 0.15) is 128 Å². The molecule has 342 valence electrons. The number of fused-ring (bicyclic) bond motifs is 19. The minimum atomic E-state index is -0.181. The molecule has 0 saturated carbocycles.